The van der Waals surface area contributed by atoms with E-state index in [-0.39, 0.29) is 12.1 Å². The Bertz CT molecular complexity index is 452. The summed E-state index contributed by atoms with van der Waals surface area (Å²) >= 11 is 1.35. The topological polar surface area (TPSA) is 146 Å². The fourth-order valence-corrected chi connectivity index (χ4v) is 3.38. The van der Waals surface area contributed by atoms with Gasteiger partial charge >= 0.3 is 11.9 Å². The number of nitrogens with zero attached hydrogens (tertiary/aromatic N) is 2. The molecule has 5 N–H and O–H groups in total. The molecule has 0 aromatic rings. The Labute approximate surface area is 126 Å². The number of aliphatic hydroxyl groups excluding tert-OH is 1. The molecule has 0 saturated carbocycles. The number of aliphatic carboxylic acids is 2. The van der Waals surface area contributed by atoms with Gasteiger partial charge in [-0.25, -0.2) is 4.79 Å². The number of aliphatic imine (C=N–C) groups is 2. The smallest absolute Gasteiger partial charge is 0.350 e. The lowest BCUT2D eigenvalue weighted by molar-refractivity contribution is -0.146. The maximum absolute atomic E-state index is 11.2. The molecule has 1 heterocycles. The normalized spacial score (nSPS) is 24.8. The maximum Gasteiger partial charge on any atom is 0.350 e. The summed E-state index contributed by atoms with van der Waals surface area (Å²) in [4.78, 5) is 30.2. The van der Waals surface area contributed by atoms with E-state index >= 15 is 0 Å². The summed E-state index contributed by atoms with van der Waals surface area (Å²) in [6.45, 7) is 1.82. The average Bonchev–Trinajstić information content (AvgIpc) is 2.77. The molecule has 0 aliphatic carbocycles. The van der Waals surface area contributed by atoms with E-state index < -0.39 is 35.3 Å². The van der Waals surface area contributed by atoms with Crippen molar-refractivity contribution in [2.45, 2.75) is 30.7 Å². The number of carbonyl (C=O) groups is 2. The van der Waals surface area contributed by atoms with Crippen LogP contribution < -0.4 is 5.73 Å². The lowest BCUT2D eigenvalue weighted by Crippen LogP contribution is -2.35. The molecule has 0 aromatic carbocycles. The Hall–Kier alpha value is -1.61. The summed E-state index contributed by atoms with van der Waals surface area (Å²) in [7, 11) is 0. The summed E-state index contributed by atoms with van der Waals surface area (Å²) in [5.41, 5.74) is 5.07. The van der Waals surface area contributed by atoms with Gasteiger partial charge < -0.3 is 21.1 Å². The van der Waals surface area contributed by atoms with Crippen molar-refractivity contribution in [1.82, 2.24) is 0 Å². The minimum absolute atomic E-state index is 0.0476. The molecule has 0 saturated heterocycles. The van der Waals surface area contributed by atoms with Crippen LogP contribution in [-0.4, -0.2) is 69.0 Å². The number of carboxylic acids is 2. The van der Waals surface area contributed by atoms with Gasteiger partial charge in [-0.1, -0.05) is 0 Å². The number of carboxylic acid groups (broad SMARTS) is 2. The van der Waals surface area contributed by atoms with Gasteiger partial charge in [0.1, 0.15) is 11.6 Å². The van der Waals surface area contributed by atoms with E-state index in [2.05, 4.69) is 9.98 Å². The summed E-state index contributed by atoms with van der Waals surface area (Å²) in [5, 5.41) is 27.5. The van der Waals surface area contributed by atoms with Gasteiger partial charge in [-0.3, -0.25) is 14.8 Å². The van der Waals surface area contributed by atoms with Crippen molar-refractivity contribution < 1.29 is 24.9 Å². The fourth-order valence-electron chi connectivity index (χ4n) is 2.23. The first-order chi connectivity index (χ1) is 9.88. The van der Waals surface area contributed by atoms with Gasteiger partial charge in [0.05, 0.1) is 23.7 Å². The first-order valence-electron chi connectivity index (χ1n) is 6.42. The molecule has 8 nitrogen and oxygen atoms in total. The van der Waals surface area contributed by atoms with E-state index in [9.17, 15) is 14.7 Å². The van der Waals surface area contributed by atoms with Gasteiger partial charge in [-0.05, 0) is 13.3 Å². The molecule has 4 atom stereocenters. The number of hydrogen-bond acceptors (Lipinski definition) is 6. The van der Waals surface area contributed by atoms with Crippen molar-refractivity contribution >= 4 is 35.8 Å². The SMILES string of the molecule is C[C@@H](O)[C@@H](C(=O)O)[C@H]1C[C@@H](SCCN=CN)C(C(=O)O)=N1. The number of nitrogens with two attached hydrogens (primary N) is 1. The molecule has 0 aromatic heterocycles. The van der Waals surface area contributed by atoms with Gasteiger partial charge in [-0.2, -0.15) is 0 Å². The first-order valence-corrected chi connectivity index (χ1v) is 7.46. The minimum atomic E-state index is -1.18. The molecule has 0 spiro atoms. The number of hydrogen-bond donors (Lipinski definition) is 4. The highest BCUT2D eigenvalue weighted by Crippen LogP contribution is 2.31. The monoisotopic (exact) mass is 317 g/mol. The standard InChI is InChI=1S/C12H19N3O5S/c1-6(16)9(11(17)18)7-4-8(10(15-7)12(19)20)21-3-2-14-5-13/h5-9,16H,2-4H2,1H3,(H2,13,14)(H,17,18)(H,19,20)/t6-,7-,8-,9-/m1/s1. The van der Waals surface area contributed by atoms with Crippen LogP contribution in [0.1, 0.15) is 13.3 Å². The lowest BCUT2D eigenvalue weighted by Gasteiger charge is -2.20. The molecular formula is C12H19N3O5S. The van der Waals surface area contributed by atoms with Crippen LogP contribution >= 0.6 is 11.8 Å². The zero-order valence-corrected chi connectivity index (χ0v) is 12.4. The van der Waals surface area contributed by atoms with Crippen molar-refractivity contribution in [2.75, 3.05) is 12.3 Å². The Morgan fingerprint density at radius 3 is 2.71 bits per heavy atom. The van der Waals surface area contributed by atoms with E-state index in [1.807, 2.05) is 0 Å². The van der Waals surface area contributed by atoms with Crippen LogP contribution in [0.5, 0.6) is 0 Å². The molecule has 9 heteroatoms. The first kappa shape index (κ1) is 17.4. The third kappa shape index (κ3) is 4.71. The van der Waals surface area contributed by atoms with Crippen LogP contribution in [0.4, 0.5) is 0 Å². The third-order valence-corrected chi connectivity index (χ3v) is 4.39. The van der Waals surface area contributed by atoms with Crippen molar-refractivity contribution in [3.63, 3.8) is 0 Å². The zero-order valence-electron chi connectivity index (χ0n) is 11.5. The summed E-state index contributed by atoms with van der Waals surface area (Å²) in [6, 6.07) is -0.732. The summed E-state index contributed by atoms with van der Waals surface area (Å²) < 4.78 is 0. The summed E-state index contributed by atoms with van der Waals surface area (Å²) in [5.74, 6) is -2.88. The largest absolute Gasteiger partial charge is 0.481 e. The van der Waals surface area contributed by atoms with E-state index in [0.29, 0.717) is 12.3 Å². The molecular weight excluding hydrogens is 298 g/mol. The third-order valence-electron chi connectivity index (χ3n) is 3.15. The molecule has 21 heavy (non-hydrogen) atoms. The fraction of sp³-hybridized carbons (Fsp3) is 0.667. The zero-order chi connectivity index (χ0) is 16.0. The second-order valence-electron chi connectivity index (χ2n) is 4.64. The Kier molecular flexibility index (Phi) is 6.63. The maximum atomic E-state index is 11.2. The minimum Gasteiger partial charge on any atom is -0.481 e. The van der Waals surface area contributed by atoms with Gasteiger partial charge in [0, 0.05) is 12.3 Å². The number of aliphatic hydroxyl groups is 1. The number of thioether (sulfide) groups is 1. The highest BCUT2D eigenvalue weighted by Gasteiger charge is 2.41. The van der Waals surface area contributed by atoms with Crippen LogP contribution in [0.15, 0.2) is 9.98 Å². The predicted octanol–water partition coefficient (Wildman–Crippen LogP) is -0.545. The average molecular weight is 317 g/mol. The van der Waals surface area contributed by atoms with Crippen molar-refractivity contribution in [1.29, 1.82) is 0 Å². The Balaban J connectivity index is 2.79. The molecule has 0 unspecified atom stereocenters. The van der Waals surface area contributed by atoms with Crippen LogP contribution in [0.3, 0.4) is 0 Å². The Morgan fingerprint density at radius 2 is 2.24 bits per heavy atom. The molecule has 1 rings (SSSR count). The summed E-state index contributed by atoms with van der Waals surface area (Å²) in [6.07, 6.45) is 0.357. The van der Waals surface area contributed by atoms with Crippen molar-refractivity contribution in [2.24, 2.45) is 21.6 Å². The van der Waals surface area contributed by atoms with Crippen molar-refractivity contribution in [3.05, 3.63) is 0 Å². The van der Waals surface area contributed by atoms with Crippen LogP contribution in [-0.2, 0) is 9.59 Å². The molecule has 0 amide bonds. The molecule has 118 valence electrons. The van der Waals surface area contributed by atoms with E-state index in [1.54, 1.807) is 0 Å². The lowest BCUT2D eigenvalue weighted by atomic mass is 9.93. The molecule has 0 fully saturated rings. The Morgan fingerprint density at radius 1 is 1.57 bits per heavy atom. The molecule has 0 radical (unpaired) electrons. The second-order valence-corrected chi connectivity index (χ2v) is 5.95. The van der Waals surface area contributed by atoms with Gasteiger partial charge in [-0.15, -0.1) is 11.8 Å². The second kappa shape index (κ2) is 7.99. The quantitative estimate of drug-likeness (QED) is 0.267. The van der Waals surface area contributed by atoms with Crippen molar-refractivity contribution in [3.8, 4) is 0 Å². The highest BCUT2D eigenvalue weighted by atomic mass is 32.2. The molecule has 1 aliphatic heterocycles. The van der Waals surface area contributed by atoms with Gasteiger partial charge in [0.2, 0.25) is 0 Å². The number of rotatable bonds is 8. The van der Waals surface area contributed by atoms with Gasteiger partial charge in [0.25, 0.3) is 0 Å². The van der Waals surface area contributed by atoms with E-state index in [0.717, 1.165) is 0 Å². The molecule has 0 bridgehead atoms. The van der Waals surface area contributed by atoms with E-state index in [1.165, 1.54) is 25.0 Å². The van der Waals surface area contributed by atoms with E-state index in [4.69, 9.17) is 15.9 Å². The highest BCUT2D eigenvalue weighted by molar-refractivity contribution is 8.00. The van der Waals surface area contributed by atoms with Crippen LogP contribution in [0, 0.1) is 5.92 Å². The van der Waals surface area contributed by atoms with Gasteiger partial charge in [0.15, 0.2) is 0 Å². The van der Waals surface area contributed by atoms with Crippen LogP contribution in [0.25, 0.3) is 0 Å². The predicted molar refractivity (Wildman–Crippen MR) is 80.1 cm³/mol. The molecule has 1 aliphatic rings. The van der Waals surface area contributed by atoms with Crippen LogP contribution in [0.2, 0.25) is 0 Å².